The molecule has 86 valence electrons. The van der Waals surface area contributed by atoms with Gasteiger partial charge in [-0.15, -0.1) is 0 Å². The van der Waals surface area contributed by atoms with Crippen LogP contribution in [0, 0.1) is 5.41 Å². The van der Waals surface area contributed by atoms with Gasteiger partial charge < -0.3 is 9.84 Å². The van der Waals surface area contributed by atoms with Crippen molar-refractivity contribution in [2.75, 3.05) is 25.2 Å². The Balaban J connectivity index is 2.68. The molecule has 1 N–H and O–H groups in total. The summed E-state index contributed by atoms with van der Waals surface area (Å²) in [5.41, 5.74) is -1.27. The largest absolute Gasteiger partial charge is 0.480 e. The van der Waals surface area contributed by atoms with Crippen LogP contribution < -0.4 is 0 Å². The third-order valence-electron chi connectivity index (χ3n) is 2.72. The van der Waals surface area contributed by atoms with E-state index in [9.17, 15) is 9.59 Å². The number of aliphatic carboxylic acids is 1. The third kappa shape index (κ3) is 2.72. The maximum atomic E-state index is 11.7. The Labute approximate surface area is 93.4 Å². The quantitative estimate of drug-likeness (QED) is 0.570. The number of hydrogen-bond donors (Lipinski definition) is 1. The summed E-state index contributed by atoms with van der Waals surface area (Å²) in [6.45, 7) is 0.395. The predicted molar refractivity (Wildman–Crippen MR) is 58.1 cm³/mol. The minimum absolute atomic E-state index is 0.0372. The highest BCUT2D eigenvalue weighted by Crippen LogP contribution is 2.31. The highest BCUT2D eigenvalue weighted by Gasteiger charge is 2.47. The van der Waals surface area contributed by atoms with Crippen LogP contribution >= 0.6 is 11.8 Å². The van der Waals surface area contributed by atoms with E-state index in [2.05, 4.69) is 0 Å². The molecule has 15 heavy (non-hydrogen) atoms. The van der Waals surface area contributed by atoms with Crippen molar-refractivity contribution in [3.63, 3.8) is 0 Å². The standard InChI is InChI=1S/C10H16O4S/c1-15-6-2-4-10(9(12)13)7-14-5-3-8(10)11/h2-7H2,1H3,(H,12,13). The summed E-state index contributed by atoms with van der Waals surface area (Å²) in [7, 11) is 0. The highest BCUT2D eigenvalue weighted by atomic mass is 32.2. The zero-order valence-electron chi connectivity index (χ0n) is 8.82. The van der Waals surface area contributed by atoms with Crippen LogP contribution in [0.25, 0.3) is 0 Å². The molecule has 1 heterocycles. The molecule has 4 nitrogen and oxygen atoms in total. The zero-order chi connectivity index (χ0) is 11.3. The minimum atomic E-state index is -1.27. The average Bonchev–Trinajstić information content (AvgIpc) is 2.21. The van der Waals surface area contributed by atoms with Gasteiger partial charge in [0.25, 0.3) is 0 Å². The fourth-order valence-electron chi connectivity index (χ4n) is 1.75. The Morgan fingerprint density at radius 1 is 1.67 bits per heavy atom. The lowest BCUT2D eigenvalue weighted by molar-refractivity contribution is -0.165. The molecule has 0 bridgehead atoms. The topological polar surface area (TPSA) is 63.6 Å². The second-order valence-electron chi connectivity index (χ2n) is 3.71. The summed E-state index contributed by atoms with van der Waals surface area (Å²) in [5, 5.41) is 9.15. The molecule has 1 atom stereocenters. The predicted octanol–water partition coefficient (Wildman–Crippen LogP) is 1.19. The van der Waals surface area contributed by atoms with Gasteiger partial charge in [0.2, 0.25) is 0 Å². The molecule has 0 aromatic rings. The summed E-state index contributed by atoms with van der Waals surface area (Å²) in [6, 6.07) is 0. The molecule has 0 radical (unpaired) electrons. The average molecular weight is 232 g/mol. The molecule has 1 fully saturated rings. The van der Waals surface area contributed by atoms with E-state index >= 15 is 0 Å². The van der Waals surface area contributed by atoms with Crippen molar-refractivity contribution >= 4 is 23.5 Å². The number of thioether (sulfide) groups is 1. The van der Waals surface area contributed by atoms with Crippen LogP contribution in [0.3, 0.4) is 0 Å². The van der Waals surface area contributed by atoms with E-state index in [0.717, 1.165) is 12.2 Å². The van der Waals surface area contributed by atoms with Crippen LogP contribution in [0.5, 0.6) is 0 Å². The number of hydrogen-bond acceptors (Lipinski definition) is 4. The lowest BCUT2D eigenvalue weighted by atomic mass is 9.77. The van der Waals surface area contributed by atoms with Crippen molar-refractivity contribution in [3.05, 3.63) is 0 Å². The number of ether oxygens (including phenoxy) is 1. The number of carboxylic acids is 1. The molecule has 1 aliphatic heterocycles. The van der Waals surface area contributed by atoms with Crippen molar-refractivity contribution in [2.45, 2.75) is 19.3 Å². The van der Waals surface area contributed by atoms with Gasteiger partial charge in [0.15, 0.2) is 5.78 Å². The number of ketones is 1. The van der Waals surface area contributed by atoms with E-state index in [0.29, 0.717) is 13.0 Å². The summed E-state index contributed by atoms with van der Waals surface area (Å²) in [5.74, 6) is -0.335. The molecule has 0 aliphatic carbocycles. The van der Waals surface area contributed by atoms with Crippen LogP contribution in [0.1, 0.15) is 19.3 Å². The number of carbonyl (C=O) groups is 2. The second-order valence-corrected chi connectivity index (χ2v) is 4.69. The monoisotopic (exact) mass is 232 g/mol. The van der Waals surface area contributed by atoms with E-state index in [1.54, 1.807) is 11.8 Å². The number of carboxylic acid groups (broad SMARTS) is 1. The summed E-state index contributed by atoms with van der Waals surface area (Å²) >= 11 is 1.66. The fourth-order valence-corrected chi connectivity index (χ4v) is 2.18. The molecule has 0 amide bonds. The summed E-state index contributed by atoms with van der Waals surface area (Å²) in [4.78, 5) is 22.9. The van der Waals surface area contributed by atoms with Crippen LogP contribution in [0.2, 0.25) is 0 Å². The highest BCUT2D eigenvalue weighted by molar-refractivity contribution is 7.98. The fraction of sp³-hybridized carbons (Fsp3) is 0.800. The van der Waals surface area contributed by atoms with Gasteiger partial charge in [-0.1, -0.05) is 0 Å². The van der Waals surface area contributed by atoms with Crippen molar-refractivity contribution in [2.24, 2.45) is 5.41 Å². The molecule has 1 saturated heterocycles. The maximum Gasteiger partial charge on any atom is 0.319 e. The smallest absolute Gasteiger partial charge is 0.319 e. The van der Waals surface area contributed by atoms with E-state index in [-0.39, 0.29) is 18.8 Å². The lowest BCUT2D eigenvalue weighted by Crippen LogP contribution is -2.47. The molecular weight excluding hydrogens is 216 g/mol. The molecule has 0 aromatic heterocycles. The van der Waals surface area contributed by atoms with Gasteiger partial charge in [-0.2, -0.15) is 11.8 Å². The first-order valence-electron chi connectivity index (χ1n) is 4.97. The zero-order valence-corrected chi connectivity index (χ0v) is 9.64. The SMILES string of the molecule is CSCCCC1(C(=O)O)COCCC1=O. The van der Waals surface area contributed by atoms with Gasteiger partial charge in [0.05, 0.1) is 13.2 Å². The Hall–Kier alpha value is -0.550. The number of carbonyl (C=O) groups excluding carboxylic acids is 1. The Kier molecular flexibility index (Phi) is 4.60. The number of Topliss-reactive ketones (excluding diaryl/α,β-unsaturated/α-hetero) is 1. The van der Waals surface area contributed by atoms with Gasteiger partial charge in [0.1, 0.15) is 5.41 Å². The van der Waals surface area contributed by atoms with Crippen LogP contribution in [-0.4, -0.2) is 42.1 Å². The van der Waals surface area contributed by atoms with E-state index in [1.807, 2.05) is 6.26 Å². The molecule has 1 unspecified atom stereocenters. The Morgan fingerprint density at radius 3 is 2.93 bits per heavy atom. The Morgan fingerprint density at radius 2 is 2.40 bits per heavy atom. The third-order valence-corrected chi connectivity index (χ3v) is 3.41. The van der Waals surface area contributed by atoms with Crippen LogP contribution in [0.4, 0.5) is 0 Å². The van der Waals surface area contributed by atoms with E-state index in [4.69, 9.17) is 9.84 Å². The first-order valence-corrected chi connectivity index (χ1v) is 6.36. The van der Waals surface area contributed by atoms with Crippen molar-refractivity contribution in [1.82, 2.24) is 0 Å². The first kappa shape index (κ1) is 12.5. The molecule has 0 spiro atoms. The van der Waals surface area contributed by atoms with E-state index in [1.165, 1.54) is 0 Å². The van der Waals surface area contributed by atoms with Gasteiger partial charge >= 0.3 is 5.97 Å². The van der Waals surface area contributed by atoms with Gasteiger partial charge in [0, 0.05) is 6.42 Å². The van der Waals surface area contributed by atoms with Crippen molar-refractivity contribution < 1.29 is 19.4 Å². The van der Waals surface area contributed by atoms with E-state index < -0.39 is 11.4 Å². The molecule has 5 heteroatoms. The molecular formula is C10H16O4S. The minimum Gasteiger partial charge on any atom is -0.480 e. The summed E-state index contributed by atoms with van der Waals surface area (Å²) in [6.07, 6.45) is 3.32. The second kappa shape index (κ2) is 5.51. The van der Waals surface area contributed by atoms with Crippen LogP contribution in [0.15, 0.2) is 0 Å². The Bertz CT molecular complexity index is 254. The van der Waals surface area contributed by atoms with Crippen LogP contribution in [-0.2, 0) is 14.3 Å². The van der Waals surface area contributed by atoms with Gasteiger partial charge in [-0.25, -0.2) is 0 Å². The van der Waals surface area contributed by atoms with Gasteiger partial charge in [-0.05, 0) is 24.9 Å². The first-order chi connectivity index (χ1) is 7.13. The molecule has 0 aromatic carbocycles. The molecule has 1 rings (SSSR count). The molecule has 0 saturated carbocycles. The molecule has 1 aliphatic rings. The number of rotatable bonds is 5. The van der Waals surface area contributed by atoms with Crippen molar-refractivity contribution in [3.8, 4) is 0 Å². The normalized spacial score (nSPS) is 26.6. The van der Waals surface area contributed by atoms with Gasteiger partial charge in [-0.3, -0.25) is 9.59 Å². The van der Waals surface area contributed by atoms with Crippen molar-refractivity contribution in [1.29, 1.82) is 0 Å². The maximum absolute atomic E-state index is 11.7. The lowest BCUT2D eigenvalue weighted by Gasteiger charge is -2.31. The summed E-state index contributed by atoms with van der Waals surface area (Å²) < 4.78 is 5.14.